The highest BCUT2D eigenvalue weighted by Gasteiger charge is 2.50. The third-order valence-electron chi connectivity index (χ3n) is 4.51. The largest absolute Gasteiger partial charge is 0.456 e. The second kappa shape index (κ2) is 6.43. The van der Waals surface area contributed by atoms with Gasteiger partial charge in [-0.25, -0.2) is 4.79 Å². The minimum Gasteiger partial charge on any atom is -0.456 e. The Bertz CT molecular complexity index is 681. The van der Waals surface area contributed by atoms with Gasteiger partial charge in [0.15, 0.2) is 6.61 Å². The summed E-state index contributed by atoms with van der Waals surface area (Å²) >= 11 is 0. The van der Waals surface area contributed by atoms with Crippen LogP contribution in [0.3, 0.4) is 0 Å². The Hall–Kier alpha value is -2.70. The van der Waals surface area contributed by atoms with E-state index in [0.29, 0.717) is 18.5 Å². The fraction of sp³-hybridized carbons (Fsp3) is 0.412. The van der Waals surface area contributed by atoms with E-state index >= 15 is 0 Å². The highest BCUT2D eigenvalue weighted by atomic mass is 16.5. The van der Waals surface area contributed by atoms with Crippen molar-refractivity contribution in [3.8, 4) is 0 Å². The Morgan fingerprint density at radius 3 is 2.42 bits per heavy atom. The number of ketones is 1. The highest BCUT2D eigenvalue weighted by molar-refractivity contribution is 6.08. The van der Waals surface area contributed by atoms with Crippen LogP contribution in [0.15, 0.2) is 30.5 Å². The molecule has 2 amide bonds. The van der Waals surface area contributed by atoms with Gasteiger partial charge in [-0.3, -0.25) is 19.3 Å². The number of allylic oxidation sites excluding steroid dienone is 2. The summed E-state index contributed by atoms with van der Waals surface area (Å²) < 4.78 is 4.98. The highest BCUT2D eigenvalue weighted by Crippen LogP contribution is 2.36. The number of aromatic amines is 1. The molecule has 2 aliphatic rings. The molecule has 7 nitrogen and oxygen atoms in total. The van der Waals surface area contributed by atoms with Crippen LogP contribution >= 0.6 is 0 Å². The van der Waals surface area contributed by atoms with E-state index in [-0.39, 0.29) is 17.6 Å². The number of nitrogens with zero attached hydrogens (tertiary/aromatic N) is 1. The zero-order chi connectivity index (χ0) is 17.3. The lowest BCUT2D eigenvalue weighted by Gasteiger charge is -2.21. The van der Waals surface area contributed by atoms with E-state index in [2.05, 4.69) is 4.98 Å². The van der Waals surface area contributed by atoms with E-state index in [9.17, 15) is 19.2 Å². The zero-order valence-electron chi connectivity index (χ0n) is 13.2. The number of nitrogens with one attached hydrogen (secondary N) is 1. The summed E-state index contributed by atoms with van der Waals surface area (Å²) in [5.74, 6) is -2.60. The maximum atomic E-state index is 12.4. The van der Waals surface area contributed by atoms with Gasteiger partial charge >= 0.3 is 5.97 Å². The van der Waals surface area contributed by atoms with E-state index in [1.165, 1.54) is 6.92 Å². The van der Waals surface area contributed by atoms with E-state index in [1.807, 2.05) is 12.2 Å². The molecule has 1 aliphatic heterocycles. The molecule has 0 unspecified atom stereocenters. The number of imide groups is 1. The number of aromatic nitrogens is 1. The minimum atomic E-state index is -1.04. The second-order valence-electron chi connectivity index (χ2n) is 5.99. The molecule has 0 bridgehead atoms. The predicted molar refractivity (Wildman–Crippen MR) is 82.8 cm³/mol. The molecule has 0 saturated carbocycles. The first-order valence-electron chi connectivity index (χ1n) is 7.86. The van der Waals surface area contributed by atoms with Gasteiger partial charge in [0.25, 0.3) is 0 Å². The topological polar surface area (TPSA) is 96.5 Å². The van der Waals surface area contributed by atoms with Gasteiger partial charge in [0.05, 0.1) is 17.5 Å². The third-order valence-corrected chi connectivity index (χ3v) is 4.51. The van der Waals surface area contributed by atoms with Crippen LogP contribution in [0.5, 0.6) is 0 Å². The Morgan fingerprint density at radius 2 is 1.88 bits per heavy atom. The fourth-order valence-electron chi connectivity index (χ4n) is 3.15. The molecular formula is C17H18N2O5. The van der Waals surface area contributed by atoms with Crippen molar-refractivity contribution in [1.82, 2.24) is 9.88 Å². The fourth-order valence-corrected chi connectivity index (χ4v) is 3.15. The van der Waals surface area contributed by atoms with Crippen LogP contribution in [0.25, 0.3) is 0 Å². The van der Waals surface area contributed by atoms with Crippen LogP contribution in [0.2, 0.25) is 0 Å². The molecule has 0 aromatic carbocycles. The molecule has 1 aromatic rings. The van der Waals surface area contributed by atoms with Crippen LogP contribution in [0.1, 0.15) is 30.3 Å². The summed E-state index contributed by atoms with van der Waals surface area (Å²) in [4.78, 5) is 52.5. The van der Waals surface area contributed by atoms with Gasteiger partial charge < -0.3 is 9.72 Å². The number of hydrogen-bond acceptors (Lipinski definition) is 5. The van der Waals surface area contributed by atoms with Gasteiger partial charge in [-0.15, -0.1) is 0 Å². The Morgan fingerprint density at radius 1 is 1.25 bits per heavy atom. The monoisotopic (exact) mass is 330 g/mol. The molecule has 0 radical (unpaired) electrons. The number of ether oxygens (including phenoxy) is 1. The third kappa shape index (κ3) is 2.77. The van der Waals surface area contributed by atoms with Crippen molar-refractivity contribution < 1.29 is 23.9 Å². The molecule has 1 saturated heterocycles. The number of carbonyl (C=O) groups excluding carboxylic acids is 4. The first kappa shape index (κ1) is 16.2. The van der Waals surface area contributed by atoms with Gasteiger partial charge in [-0.05, 0) is 31.9 Å². The summed E-state index contributed by atoms with van der Waals surface area (Å²) in [7, 11) is 0. The summed E-state index contributed by atoms with van der Waals surface area (Å²) in [6, 6.07) is 2.20. The van der Waals surface area contributed by atoms with Gasteiger partial charge in [-0.2, -0.15) is 0 Å². The molecule has 24 heavy (non-hydrogen) atoms. The summed E-state index contributed by atoms with van der Waals surface area (Å²) in [6.07, 6.45) is 6.38. The molecular weight excluding hydrogens is 312 g/mol. The van der Waals surface area contributed by atoms with Crippen LogP contribution in [0, 0.1) is 11.8 Å². The van der Waals surface area contributed by atoms with E-state index in [0.717, 1.165) is 4.90 Å². The van der Waals surface area contributed by atoms with Gasteiger partial charge in [-0.1, -0.05) is 12.2 Å². The molecule has 3 atom stereocenters. The quantitative estimate of drug-likeness (QED) is 0.377. The van der Waals surface area contributed by atoms with Gasteiger partial charge in [0, 0.05) is 6.20 Å². The molecule has 1 aromatic heterocycles. The van der Waals surface area contributed by atoms with E-state index in [1.54, 1.807) is 18.3 Å². The first-order chi connectivity index (χ1) is 11.5. The van der Waals surface area contributed by atoms with Crippen LogP contribution in [-0.4, -0.2) is 46.1 Å². The zero-order valence-corrected chi connectivity index (χ0v) is 13.2. The van der Waals surface area contributed by atoms with E-state index < -0.39 is 30.5 Å². The number of esters is 1. The molecule has 7 heteroatoms. The number of hydrogen-bond donors (Lipinski definition) is 1. The number of carbonyl (C=O) groups is 4. The van der Waals surface area contributed by atoms with Crippen molar-refractivity contribution in [3.05, 3.63) is 36.2 Å². The van der Waals surface area contributed by atoms with Crippen molar-refractivity contribution in [2.75, 3.05) is 6.61 Å². The predicted octanol–water partition coefficient (Wildman–Crippen LogP) is 1.08. The normalized spacial score (nSPS) is 24.0. The van der Waals surface area contributed by atoms with E-state index in [4.69, 9.17) is 4.74 Å². The molecule has 126 valence electrons. The van der Waals surface area contributed by atoms with Crippen LogP contribution < -0.4 is 0 Å². The summed E-state index contributed by atoms with van der Waals surface area (Å²) in [5.41, 5.74) is 0.334. The number of amides is 2. The summed E-state index contributed by atoms with van der Waals surface area (Å²) in [5, 5.41) is 0. The lowest BCUT2D eigenvalue weighted by molar-refractivity contribution is -0.157. The Balaban J connectivity index is 1.62. The molecule has 1 N–H and O–H groups in total. The SMILES string of the molecule is C[C@@H](C(=O)OCC(=O)c1ccc[nH]1)N1C(=O)[C@H]2CC=CC[C@@H]2C1=O. The second-order valence-corrected chi connectivity index (χ2v) is 5.99. The average Bonchev–Trinajstić information content (AvgIpc) is 3.20. The number of H-pyrrole nitrogens is 1. The maximum absolute atomic E-state index is 12.4. The van der Waals surface area contributed by atoms with Crippen molar-refractivity contribution in [2.45, 2.75) is 25.8 Å². The number of rotatable bonds is 5. The lowest BCUT2D eigenvalue weighted by Crippen LogP contribution is -2.44. The van der Waals surface area contributed by atoms with Crippen LogP contribution in [-0.2, 0) is 19.1 Å². The number of Topliss-reactive ketones (excluding diaryl/α,β-unsaturated/α-hetero) is 1. The molecule has 2 heterocycles. The van der Waals surface area contributed by atoms with Crippen molar-refractivity contribution in [1.29, 1.82) is 0 Å². The van der Waals surface area contributed by atoms with Crippen LogP contribution in [0.4, 0.5) is 0 Å². The first-order valence-corrected chi connectivity index (χ1v) is 7.86. The number of fused-ring (bicyclic) bond motifs is 1. The smallest absolute Gasteiger partial charge is 0.329 e. The molecule has 1 aliphatic carbocycles. The number of likely N-dealkylation sites (tertiary alicyclic amines) is 1. The van der Waals surface area contributed by atoms with Gasteiger partial charge in [0.1, 0.15) is 6.04 Å². The standard InChI is InChI=1S/C17H18N2O5/c1-10(17(23)24-9-14(20)13-7-4-8-18-13)19-15(21)11-5-2-3-6-12(11)16(19)22/h2-4,7-8,10-12,18H,5-6,9H2,1H3/t10-,11-,12-/m0/s1. The van der Waals surface area contributed by atoms with Crippen molar-refractivity contribution in [3.63, 3.8) is 0 Å². The molecule has 0 spiro atoms. The minimum absolute atomic E-state index is 0.334. The summed E-state index contributed by atoms with van der Waals surface area (Å²) in [6.45, 7) is 1.01. The lowest BCUT2D eigenvalue weighted by atomic mass is 9.85. The Kier molecular flexibility index (Phi) is 4.33. The van der Waals surface area contributed by atoms with Gasteiger partial charge in [0.2, 0.25) is 17.6 Å². The average molecular weight is 330 g/mol. The maximum Gasteiger partial charge on any atom is 0.329 e. The van der Waals surface area contributed by atoms with Crippen molar-refractivity contribution in [2.24, 2.45) is 11.8 Å². The molecule has 1 fully saturated rings. The Labute approximate surface area is 138 Å². The molecule has 3 rings (SSSR count). The van der Waals surface area contributed by atoms with Crippen molar-refractivity contribution >= 4 is 23.6 Å².